The molecule has 70 valence electrons. The van der Waals surface area contributed by atoms with Crippen LogP contribution in [0.5, 0.6) is 0 Å². The van der Waals surface area contributed by atoms with Crippen molar-refractivity contribution in [3.05, 3.63) is 33.3 Å². The fourth-order valence-electron chi connectivity index (χ4n) is 1.16. The maximum absolute atomic E-state index is 2.21. The summed E-state index contributed by atoms with van der Waals surface area (Å²) in [5, 5.41) is 3.51. The molecule has 0 aliphatic heterocycles. The zero-order valence-electron chi connectivity index (χ0n) is 8.50. The number of allylic oxidation sites excluding steroid dienone is 2. The molecule has 0 saturated heterocycles. The SMILES string of the molecule is CC=CC=c1ccsc1=C(C)CC. The van der Waals surface area contributed by atoms with Gasteiger partial charge in [0.1, 0.15) is 0 Å². The Morgan fingerprint density at radius 3 is 2.92 bits per heavy atom. The maximum Gasteiger partial charge on any atom is 0.0331 e. The summed E-state index contributed by atoms with van der Waals surface area (Å²) in [4.78, 5) is 0. The van der Waals surface area contributed by atoms with E-state index in [-0.39, 0.29) is 0 Å². The highest BCUT2D eigenvalue weighted by Crippen LogP contribution is 1.96. The Morgan fingerprint density at radius 2 is 2.31 bits per heavy atom. The van der Waals surface area contributed by atoms with E-state index in [2.05, 4.69) is 43.5 Å². The van der Waals surface area contributed by atoms with Crippen LogP contribution < -0.4 is 9.75 Å². The topological polar surface area (TPSA) is 0 Å². The van der Waals surface area contributed by atoms with Crippen molar-refractivity contribution in [3.63, 3.8) is 0 Å². The van der Waals surface area contributed by atoms with Gasteiger partial charge in [-0.25, -0.2) is 0 Å². The second-order valence-electron chi connectivity index (χ2n) is 3.03. The third kappa shape index (κ3) is 2.56. The van der Waals surface area contributed by atoms with E-state index in [1.807, 2.05) is 18.3 Å². The predicted molar refractivity (Wildman–Crippen MR) is 62.2 cm³/mol. The van der Waals surface area contributed by atoms with Crippen LogP contribution in [0.15, 0.2) is 23.6 Å². The van der Waals surface area contributed by atoms with Crippen molar-refractivity contribution in [3.8, 4) is 0 Å². The Balaban J connectivity index is 3.33. The molecule has 0 amide bonds. The minimum Gasteiger partial charge on any atom is -0.144 e. The van der Waals surface area contributed by atoms with Crippen LogP contribution in [-0.4, -0.2) is 0 Å². The molecule has 0 aliphatic carbocycles. The first-order chi connectivity index (χ1) is 6.29. The van der Waals surface area contributed by atoms with Gasteiger partial charge in [0.2, 0.25) is 0 Å². The van der Waals surface area contributed by atoms with Crippen molar-refractivity contribution < 1.29 is 0 Å². The molecular weight excluding hydrogens is 176 g/mol. The zero-order valence-corrected chi connectivity index (χ0v) is 9.32. The molecule has 1 rings (SSSR count). The average Bonchev–Trinajstić information content (AvgIpc) is 2.61. The van der Waals surface area contributed by atoms with Crippen LogP contribution in [0.25, 0.3) is 11.6 Å². The summed E-state index contributed by atoms with van der Waals surface area (Å²) in [6, 6.07) is 2.18. The lowest BCUT2D eigenvalue weighted by Gasteiger charge is -1.89. The van der Waals surface area contributed by atoms with Gasteiger partial charge in [-0.05, 0) is 36.9 Å². The molecule has 0 atom stereocenters. The summed E-state index contributed by atoms with van der Waals surface area (Å²) in [5.74, 6) is 0. The van der Waals surface area contributed by atoms with E-state index < -0.39 is 0 Å². The van der Waals surface area contributed by atoms with Gasteiger partial charge < -0.3 is 0 Å². The van der Waals surface area contributed by atoms with Gasteiger partial charge in [0.05, 0.1) is 0 Å². The molecule has 13 heavy (non-hydrogen) atoms. The predicted octanol–water partition coefficient (Wildman–Crippen LogP) is 2.69. The molecule has 0 aliphatic rings. The van der Waals surface area contributed by atoms with Gasteiger partial charge in [0.15, 0.2) is 0 Å². The van der Waals surface area contributed by atoms with Crippen molar-refractivity contribution >= 4 is 23.0 Å². The smallest absolute Gasteiger partial charge is 0.0331 e. The summed E-state index contributed by atoms with van der Waals surface area (Å²) in [6.45, 7) is 6.45. The lowest BCUT2D eigenvalue weighted by molar-refractivity contribution is 1.21. The first-order valence-electron chi connectivity index (χ1n) is 4.66. The van der Waals surface area contributed by atoms with E-state index in [9.17, 15) is 0 Å². The molecule has 0 nitrogen and oxygen atoms in total. The third-order valence-corrected chi connectivity index (χ3v) is 3.17. The molecule has 0 fully saturated rings. The van der Waals surface area contributed by atoms with E-state index in [4.69, 9.17) is 0 Å². The molecule has 1 aromatic heterocycles. The average molecular weight is 192 g/mol. The van der Waals surface area contributed by atoms with Gasteiger partial charge in [0, 0.05) is 4.53 Å². The molecule has 1 heterocycles. The van der Waals surface area contributed by atoms with Crippen molar-refractivity contribution in [2.24, 2.45) is 0 Å². The van der Waals surface area contributed by atoms with Gasteiger partial charge >= 0.3 is 0 Å². The summed E-state index contributed by atoms with van der Waals surface area (Å²) in [7, 11) is 0. The standard InChI is InChI=1S/C12H16S/c1-4-6-7-11-8-9-13-12(11)10(3)5-2/h4,6-9H,5H2,1-3H3. The first kappa shape index (κ1) is 10.3. The van der Waals surface area contributed by atoms with E-state index in [1.54, 1.807) is 0 Å². The summed E-state index contributed by atoms with van der Waals surface area (Å²) in [5.41, 5.74) is 1.48. The monoisotopic (exact) mass is 192 g/mol. The second kappa shape index (κ2) is 5.03. The molecule has 0 aromatic carbocycles. The van der Waals surface area contributed by atoms with Crippen molar-refractivity contribution in [1.82, 2.24) is 0 Å². The van der Waals surface area contributed by atoms with Crippen LogP contribution in [0.4, 0.5) is 0 Å². The Bertz CT molecular complexity index is 393. The van der Waals surface area contributed by atoms with Gasteiger partial charge in [-0.1, -0.05) is 30.7 Å². The van der Waals surface area contributed by atoms with Crippen molar-refractivity contribution in [1.29, 1.82) is 0 Å². The molecule has 1 aromatic rings. The Labute approximate surface area is 83.9 Å². The summed E-state index contributed by atoms with van der Waals surface area (Å²) in [6.07, 6.45) is 7.46. The molecule has 1 heteroatoms. The van der Waals surface area contributed by atoms with Crippen LogP contribution in [0.1, 0.15) is 27.2 Å². The summed E-state index contributed by atoms with van der Waals surface area (Å²) >= 11 is 1.83. The Kier molecular flexibility index (Phi) is 3.97. The van der Waals surface area contributed by atoms with E-state index in [0.717, 1.165) is 6.42 Å². The highest BCUT2D eigenvalue weighted by Gasteiger charge is 1.90. The Morgan fingerprint density at radius 1 is 1.54 bits per heavy atom. The molecule has 0 radical (unpaired) electrons. The quantitative estimate of drug-likeness (QED) is 0.676. The van der Waals surface area contributed by atoms with Crippen LogP contribution in [-0.2, 0) is 0 Å². The van der Waals surface area contributed by atoms with E-state index >= 15 is 0 Å². The molecule has 0 bridgehead atoms. The minimum atomic E-state index is 1.14. The van der Waals surface area contributed by atoms with Gasteiger partial charge in [-0.15, -0.1) is 11.3 Å². The van der Waals surface area contributed by atoms with Gasteiger partial charge in [0.25, 0.3) is 0 Å². The first-order valence-corrected chi connectivity index (χ1v) is 5.53. The normalized spacial score (nSPS) is 15.5. The number of hydrogen-bond donors (Lipinski definition) is 0. The van der Waals surface area contributed by atoms with Crippen LogP contribution in [0.3, 0.4) is 0 Å². The van der Waals surface area contributed by atoms with Crippen LogP contribution in [0.2, 0.25) is 0 Å². The second-order valence-corrected chi connectivity index (χ2v) is 3.95. The van der Waals surface area contributed by atoms with Gasteiger partial charge in [-0.3, -0.25) is 0 Å². The molecular formula is C12H16S. The lowest BCUT2D eigenvalue weighted by atomic mass is 10.2. The maximum atomic E-state index is 2.21. The molecule has 0 N–H and O–H groups in total. The zero-order chi connectivity index (χ0) is 9.68. The van der Waals surface area contributed by atoms with Crippen LogP contribution >= 0.6 is 11.3 Å². The fraction of sp³-hybridized carbons (Fsp3) is 0.333. The fourth-order valence-corrected chi connectivity index (χ4v) is 2.13. The van der Waals surface area contributed by atoms with E-state index in [0.29, 0.717) is 0 Å². The highest BCUT2D eigenvalue weighted by molar-refractivity contribution is 7.07. The van der Waals surface area contributed by atoms with E-state index in [1.165, 1.54) is 15.3 Å². The van der Waals surface area contributed by atoms with Crippen molar-refractivity contribution in [2.75, 3.05) is 0 Å². The summed E-state index contributed by atoms with van der Waals surface area (Å²) < 4.78 is 1.43. The lowest BCUT2D eigenvalue weighted by Crippen LogP contribution is -2.19. The van der Waals surface area contributed by atoms with Crippen LogP contribution in [0, 0.1) is 0 Å². The molecule has 0 unspecified atom stereocenters. The number of thiophene rings is 1. The Hall–Kier alpha value is -0.820. The van der Waals surface area contributed by atoms with Gasteiger partial charge in [-0.2, -0.15) is 0 Å². The number of rotatable bonds is 2. The highest BCUT2D eigenvalue weighted by atomic mass is 32.1. The molecule has 0 spiro atoms. The number of hydrogen-bond acceptors (Lipinski definition) is 1. The molecule has 0 saturated carbocycles. The minimum absolute atomic E-state index is 1.14. The third-order valence-electron chi connectivity index (χ3n) is 2.08. The largest absolute Gasteiger partial charge is 0.144 e. The van der Waals surface area contributed by atoms with Crippen molar-refractivity contribution in [2.45, 2.75) is 27.2 Å².